The van der Waals surface area contributed by atoms with Crippen LogP contribution in [0.1, 0.15) is 0 Å². The summed E-state index contributed by atoms with van der Waals surface area (Å²) in [5.74, 6) is 0. The first-order valence-corrected chi connectivity index (χ1v) is 17.6. The summed E-state index contributed by atoms with van der Waals surface area (Å²) in [6.07, 6.45) is 0. The van der Waals surface area contributed by atoms with E-state index in [0.29, 0.717) is 0 Å². The van der Waals surface area contributed by atoms with Gasteiger partial charge >= 0.3 is 0 Å². The molecule has 10 aromatic rings. The minimum Gasteiger partial charge on any atom is -0.243 e. The van der Waals surface area contributed by atoms with E-state index in [1.54, 1.807) is 22.7 Å². The molecule has 0 spiro atoms. The van der Waals surface area contributed by atoms with Gasteiger partial charge in [0.1, 0.15) is 20.7 Å². The standard InChI is InChI=1S/C42H24N4S2/c1-5-13-25(14-6-1)31-35-33(27-17-9-3-10-18-27)40-38(44-30-22-24-48-42(30)46-40)32(26-15-7-2-8-16-26)36(35)34(28-19-11-4-12-20-28)39-37(31)43-29-21-23-47-41(29)45-39/h1-24H. The molecule has 4 heterocycles. The molecule has 0 aliphatic rings. The molecule has 6 heteroatoms. The fourth-order valence-corrected chi connectivity index (χ4v) is 8.46. The highest BCUT2D eigenvalue weighted by molar-refractivity contribution is 7.17. The van der Waals surface area contributed by atoms with Crippen molar-refractivity contribution in [1.82, 2.24) is 19.9 Å². The Balaban J connectivity index is 1.61. The molecule has 0 saturated carbocycles. The van der Waals surface area contributed by atoms with E-state index in [1.165, 1.54) is 0 Å². The van der Waals surface area contributed by atoms with Crippen LogP contribution in [0.5, 0.6) is 0 Å². The van der Waals surface area contributed by atoms with E-state index < -0.39 is 0 Å². The van der Waals surface area contributed by atoms with Crippen molar-refractivity contribution in [1.29, 1.82) is 0 Å². The number of fused-ring (bicyclic) bond motifs is 5. The average Bonchev–Trinajstić information content (AvgIpc) is 3.81. The molecule has 48 heavy (non-hydrogen) atoms. The highest BCUT2D eigenvalue weighted by Gasteiger charge is 2.29. The molecule has 224 valence electrons. The lowest BCUT2D eigenvalue weighted by molar-refractivity contribution is 1.42. The second-order valence-corrected chi connectivity index (χ2v) is 13.6. The van der Waals surface area contributed by atoms with E-state index in [-0.39, 0.29) is 0 Å². The van der Waals surface area contributed by atoms with Gasteiger partial charge in [-0.15, -0.1) is 22.7 Å². The van der Waals surface area contributed by atoms with Gasteiger partial charge in [-0.3, -0.25) is 0 Å². The predicted octanol–water partition coefficient (Wildman–Crippen LogP) is 11.8. The van der Waals surface area contributed by atoms with E-state index >= 15 is 0 Å². The zero-order valence-electron chi connectivity index (χ0n) is 25.5. The number of thiophene rings is 2. The van der Waals surface area contributed by atoms with E-state index in [9.17, 15) is 0 Å². The number of nitrogens with zero attached hydrogens (tertiary/aromatic N) is 4. The third kappa shape index (κ3) is 4.13. The normalized spacial score (nSPS) is 11.8. The van der Waals surface area contributed by atoms with Crippen LogP contribution in [-0.4, -0.2) is 19.9 Å². The van der Waals surface area contributed by atoms with Crippen molar-refractivity contribution >= 4 is 76.2 Å². The Morgan fingerprint density at radius 1 is 0.312 bits per heavy atom. The van der Waals surface area contributed by atoms with Gasteiger partial charge in [0.2, 0.25) is 0 Å². The molecule has 0 atom stereocenters. The van der Waals surface area contributed by atoms with Gasteiger partial charge in [-0.1, -0.05) is 121 Å². The lowest BCUT2D eigenvalue weighted by Gasteiger charge is -2.23. The predicted molar refractivity (Wildman–Crippen MR) is 203 cm³/mol. The van der Waals surface area contributed by atoms with Crippen LogP contribution in [0.4, 0.5) is 0 Å². The summed E-state index contributed by atoms with van der Waals surface area (Å²) in [5.41, 5.74) is 13.8. The van der Waals surface area contributed by atoms with E-state index in [4.69, 9.17) is 19.9 Å². The third-order valence-electron chi connectivity index (χ3n) is 9.04. The van der Waals surface area contributed by atoms with Crippen molar-refractivity contribution in [3.63, 3.8) is 0 Å². The number of benzene rings is 6. The summed E-state index contributed by atoms with van der Waals surface area (Å²) < 4.78 is 0. The quantitative estimate of drug-likeness (QED) is 0.178. The first-order chi connectivity index (χ1) is 23.8. The zero-order chi connectivity index (χ0) is 31.6. The fraction of sp³-hybridized carbons (Fsp3) is 0. The van der Waals surface area contributed by atoms with Gasteiger partial charge in [-0.05, 0) is 45.1 Å². The number of aromatic nitrogens is 4. The van der Waals surface area contributed by atoms with E-state index in [0.717, 1.165) is 98.0 Å². The molecule has 6 aromatic carbocycles. The van der Waals surface area contributed by atoms with Crippen LogP contribution in [0, 0.1) is 0 Å². The van der Waals surface area contributed by atoms with Crippen molar-refractivity contribution in [2.45, 2.75) is 0 Å². The molecule has 4 nitrogen and oxygen atoms in total. The SMILES string of the molecule is c1ccc(-c2c3nc4ccsc4nc3c(-c3ccccc3)c3c(-c4ccccc4)c4nc5ccsc5nc4c(-c4ccccc4)c23)cc1. The first-order valence-electron chi connectivity index (χ1n) is 15.8. The Morgan fingerprint density at radius 2 is 0.604 bits per heavy atom. The molecule has 4 aromatic heterocycles. The Hall–Kier alpha value is -5.82. The number of rotatable bonds is 4. The minimum absolute atomic E-state index is 0.874. The van der Waals surface area contributed by atoms with Gasteiger partial charge < -0.3 is 0 Å². The molecule has 0 fully saturated rings. The molecule has 0 amide bonds. The van der Waals surface area contributed by atoms with Gasteiger partial charge in [0.15, 0.2) is 0 Å². The van der Waals surface area contributed by atoms with Gasteiger partial charge in [-0.2, -0.15) is 0 Å². The second kappa shape index (κ2) is 10.9. The van der Waals surface area contributed by atoms with Gasteiger partial charge in [-0.25, -0.2) is 19.9 Å². The van der Waals surface area contributed by atoms with Gasteiger partial charge in [0, 0.05) is 33.0 Å². The Labute approximate surface area is 283 Å². The Morgan fingerprint density at radius 3 is 0.917 bits per heavy atom. The van der Waals surface area contributed by atoms with Crippen molar-refractivity contribution in [3.05, 3.63) is 144 Å². The molecule has 0 radical (unpaired) electrons. The van der Waals surface area contributed by atoms with Gasteiger partial charge in [0.25, 0.3) is 0 Å². The Kier molecular flexibility index (Phi) is 6.19. The maximum absolute atomic E-state index is 5.43. The highest BCUT2D eigenvalue weighted by Crippen LogP contribution is 2.52. The van der Waals surface area contributed by atoms with Crippen LogP contribution >= 0.6 is 22.7 Å². The summed E-state index contributed by atoms with van der Waals surface area (Å²) in [6, 6.07) is 46.7. The number of hydrogen-bond acceptors (Lipinski definition) is 6. The average molecular weight is 649 g/mol. The van der Waals surface area contributed by atoms with Crippen LogP contribution < -0.4 is 0 Å². The van der Waals surface area contributed by atoms with Crippen LogP contribution in [0.25, 0.3) is 98.0 Å². The molecular weight excluding hydrogens is 625 g/mol. The second-order valence-electron chi connectivity index (χ2n) is 11.8. The van der Waals surface area contributed by atoms with E-state index in [2.05, 4.69) is 144 Å². The van der Waals surface area contributed by atoms with Crippen molar-refractivity contribution in [2.75, 3.05) is 0 Å². The lowest BCUT2D eigenvalue weighted by Crippen LogP contribution is -2.01. The molecule has 0 aliphatic heterocycles. The summed E-state index contributed by atoms with van der Waals surface area (Å²) in [5, 5.41) is 6.35. The minimum atomic E-state index is 0.874. The van der Waals surface area contributed by atoms with Crippen molar-refractivity contribution < 1.29 is 0 Å². The molecular formula is C42H24N4S2. The molecule has 10 rings (SSSR count). The monoisotopic (exact) mass is 648 g/mol. The third-order valence-corrected chi connectivity index (χ3v) is 10.6. The van der Waals surface area contributed by atoms with Crippen LogP contribution in [0.3, 0.4) is 0 Å². The van der Waals surface area contributed by atoms with E-state index in [1.807, 2.05) is 0 Å². The number of hydrogen-bond donors (Lipinski definition) is 0. The lowest BCUT2D eigenvalue weighted by atomic mass is 9.81. The fourth-order valence-electron chi connectivity index (χ4n) is 7.05. The molecule has 0 unspecified atom stereocenters. The zero-order valence-corrected chi connectivity index (χ0v) is 27.1. The largest absolute Gasteiger partial charge is 0.243 e. The van der Waals surface area contributed by atoms with Crippen molar-refractivity contribution in [3.8, 4) is 44.5 Å². The molecule has 0 N–H and O–H groups in total. The highest BCUT2D eigenvalue weighted by atomic mass is 32.1. The first kappa shape index (κ1) is 27.3. The summed E-state index contributed by atoms with van der Waals surface area (Å²) >= 11 is 3.25. The van der Waals surface area contributed by atoms with Gasteiger partial charge in [0.05, 0.1) is 22.1 Å². The van der Waals surface area contributed by atoms with Crippen molar-refractivity contribution in [2.24, 2.45) is 0 Å². The topological polar surface area (TPSA) is 51.6 Å². The Bertz CT molecular complexity index is 2430. The maximum Gasteiger partial charge on any atom is 0.142 e. The maximum atomic E-state index is 5.43. The van der Waals surface area contributed by atoms with Crippen LogP contribution in [-0.2, 0) is 0 Å². The summed E-state index contributed by atoms with van der Waals surface area (Å²) in [6.45, 7) is 0. The summed E-state index contributed by atoms with van der Waals surface area (Å²) in [7, 11) is 0. The van der Waals surface area contributed by atoms with Crippen LogP contribution in [0.2, 0.25) is 0 Å². The molecule has 0 aliphatic carbocycles. The summed E-state index contributed by atoms with van der Waals surface area (Å²) in [4.78, 5) is 23.5. The smallest absolute Gasteiger partial charge is 0.142 e. The molecule has 0 saturated heterocycles. The van der Waals surface area contributed by atoms with Crippen LogP contribution in [0.15, 0.2) is 144 Å². The molecule has 0 bridgehead atoms.